The van der Waals surface area contributed by atoms with E-state index in [2.05, 4.69) is 35.2 Å². The average molecular weight is 393 g/mol. The van der Waals surface area contributed by atoms with Crippen LogP contribution >= 0.6 is 11.3 Å². The van der Waals surface area contributed by atoms with E-state index in [1.807, 2.05) is 40.6 Å². The summed E-state index contributed by atoms with van der Waals surface area (Å²) in [5.74, 6) is 1.01. The fourth-order valence-corrected chi connectivity index (χ4v) is 4.52. The molecule has 0 atom stereocenters. The van der Waals surface area contributed by atoms with Crippen LogP contribution in [0.2, 0.25) is 0 Å². The standard InChI is InChI=1S/C23H24N2O2S/c1-27-20-10-8-19(9-11-20)24-13-5-14-25(16-15-24)23(26)22-21(12-17-28-22)18-6-3-2-4-7-18/h2-4,6-12,17H,5,13-16H2,1H3. The molecule has 28 heavy (non-hydrogen) atoms. The summed E-state index contributed by atoms with van der Waals surface area (Å²) in [5.41, 5.74) is 3.31. The Morgan fingerprint density at radius 1 is 0.929 bits per heavy atom. The summed E-state index contributed by atoms with van der Waals surface area (Å²) in [6.07, 6.45) is 0.962. The highest BCUT2D eigenvalue weighted by atomic mass is 32.1. The Kier molecular flexibility index (Phi) is 5.63. The Bertz CT molecular complexity index is 921. The second-order valence-corrected chi connectivity index (χ2v) is 7.78. The minimum Gasteiger partial charge on any atom is -0.497 e. The van der Waals surface area contributed by atoms with E-state index in [9.17, 15) is 4.79 Å². The van der Waals surface area contributed by atoms with Crippen LogP contribution in [0.15, 0.2) is 66.0 Å². The molecule has 144 valence electrons. The van der Waals surface area contributed by atoms with Crippen molar-refractivity contribution in [3.05, 3.63) is 70.9 Å². The largest absolute Gasteiger partial charge is 0.497 e. The summed E-state index contributed by atoms with van der Waals surface area (Å²) in [4.78, 5) is 18.4. The topological polar surface area (TPSA) is 32.8 Å². The average Bonchev–Trinajstić information content (AvgIpc) is 3.12. The van der Waals surface area contributed by atoms with Crippen molar-refractivity contribution < 1.29 is 9.53 Å². The molecule has 0 unspecified atom stereocenters. The predicted molar refractivity (Wildman–Crippen MR) is 115 cm³/mol. The van der Waals surface area contributed by atoms with Crippen molar-refractivity contribution in [3.63, 3.8) is 0 Å². The van der Waals surface area contributed by atoms with Crippen LogP contribution in [0.3, 0.4) is 0 Å². The molecule has 2 heterocycles. The number of thiophene rings is 1. The van der Waals surface area contributed by atoms with E-state index < -0.39 is 0 Å². The van der Waals surface area contributed by atoms with E-state index >= 15 is 0 Å². The van der Waals surface area contributed by atoms with Gasteiger partial charge in [-0.15, -0.1) is 11.3 Å². The highest BCUT2D eigenvalue weighted by molar-refractivity contribution is 7.12. The van der Waals surface area contributed by atoms with Crippen LogP contribution < -0.4 is 9.64 Å². The molecule has 5 heteroatoms. The number of anilines is 1. The van der Waals surface area contributed by atoms with Crippen LogP contribution in [0.1, 0.15) is 16.1 Å². The molecule has 0 bridgehead atoms. The highest BCUT2D eigenvalue weighted by Crippen LogP contribution is 2.30. The normalized spacial score (nSPS) is 14.6. The van der Waals surface area contributed by atoms with Gasteiger partial charge < -0.3 is 14.5 Å². The fraction of sp³-hybridized carbons (Fsp3) is 0.261. The van der Waals surface area contributed by atoms with Gasteiger partial charge >= 0.3 is 0 Å². The van der Waals surface area contributed by atoms with Crippen molar-refractivity contribution >= 4 is 22.9 Å². The maximum atomic E-state index is 13.2. The first-order chi connectivity index (χ1) is 13.8. The van der Waals surface area contributed by atoms with E-state index in [-0.39, 0.29) is 5.91 Å². The Morgan fingerprint density at radius 3 is 2.46 bits per heavy atom. The predicted octanol–water partition coefficient (Wildman–Crippen LogP) is 4.78. The summed E-state index contributed by atoms with van der Waals surface area (Å²) < 4.78 is 5.25. The molecule has 2 aromatic carbocycles. The second kappa shape index (κ2) is 8.48. The lowest BCUT2D eigenvalue weighted by Crippen LogP contribution is -2.35. The van der Waals surface area contributed by atoms with Gasteiger partial charge in [-0.25, -0.2) is 0 Å². The molecule has 0 aliphatic carbocycles. The van der Waals surface area contributed by atoms with Crippen molar-refractivity contribution in [3.8, 4) is 16.9 Å². The van der Waals surface area contributed by atoms with Gasteiger partial charge in [0.1, 0.15) is 5.75 Å². The van der Waals surface area contributed by atoms with Gasteiger partial charge in [0.25, 0.3) is 5.91 Å². The molecule has 1 amide bonds. The van der Waals surface area contributed by atoms with Gasteiger partial charge in [-0.05, 0) is 47.7 Å². The molecule has 4 nitrogen and oxygen atoms in total. The number of hydrogen-bond donors (Lipinski definition) is 0. The van der Waals surface area contributed by atoms with E-state index in [4.69, 9.17) is 4.74 Å². The SMILES string of the molecule is COc1ccc(N2CCCN(C(=O)c3sccc3-c3ccccc3)CC2)cc1. The lowest BCUT2D eigenvalue weighted by molar-refractivity contribution is 0.0772. The third-order valence-corrected chi connectivity index (χ3v) is 6.07. The molecule has 1 aromatic heterocycles. The third kappa shape index (κ3) is 3.90. The number of hydrogen-bond acceptors (Lipinski definition) is 4. The van der Waals surface area contributed by atoms with E-state index in [1.165, 1.54) is 17.0 Å². The number of methoxy groups -OCH3 is 1. The number of rotatable bonds is 4. The van der Waals surface area contributed by atoms with Crippen molar-refractivity contribution in [1.29, 1.82) is 0 Å². The number of amides is 1. The first kappa shape index (κ1) is 18.6. The summed E-state index contributed by atoms with van der Waals surface area (Å²) >= 11 is 1.54. The van der Waals surface area contributed by atoms with Crippen LogP contribution in [0, 0.1) is 0 Å². The van der Waals surface area contributed by atoms with Crippen LogP contribution in [0.5, 0.6) is 5.75 Å². The van der Waals surface area contributed by atoms with Gasteiger partial charge in [0, 0.05) is 37.4 Å². The van der Waals surface area contributed by atoms with Gasteiger partial charge in [-0.1, -0.05) is 30.3 Å². The molecule has 3 aromatic rings. The molecular formula is C23H24N2O2S. The second-order valence-electron chi connectivity index (χ2n) is 6.86. The number of nitrogens with zero attached hydrogens (tertiary/aromatic N) is 2. The van der Waals surface area contributed by atoms with Crippen molar-refractivity contribution in [2.45, 2.75) is 6.42 Å². The summed E-state index contributed by atoms with van der Waals surface area (Å²) in [5, 5.41) is 2.01. The highest BCUT2D eigenvalue weighted by Gasteiger charge is 2.23. The van der Waals surface area contributed by atoms with Crippen molar-refractivity contribution in [2.75, 3.05) is 38.2 Å². The summed E-state index contributed by atoms with van der Waals surface area (Å²) in [6, 6.07) is 20.3. The van der Waals surface area contributed by atoms with Gasteiger partial charge in [-0.3, -0.25) is 4.79 Å². The van der Waals surface area contributed by atoms with Crippen molar-refractivity contribution in [1.82, 2.24) is 4.90 Å². The molecule has 1 aliphatic heterocycles. The molecular weight excluding hydrogens is 368 g/mol. The minimum atomic E-state index is 0.144. The lowest BCUT2D eigenvalue weighted by atomic mass is 10.1. The number of benzene rings is 2. The molecule has 4 rings (SSSR count). The zero-order chi connectivity index (χ0) is 19.3. The monoisotopic (exact) mass is 392 g/mol. The fourth-order valence-electron chi connectivity index (χ4n) is 3.64. The number of carbonyl (C=O) groups is 1. The van der Waals surface area contributed by atoms with Gasteiger partial charge in [0.15, 0.2) is 0 Å². The summed E-state index contributed by atoms with van der Waals surface area (Å²) in [7, 11) is 1.68. The molecule has 1 saturated heterocycles. The van der Waals surface area contributed by atoms with Crippen LogP contribution in [-0.4, -0.2) is 44.1 Å². The van der Waals surface area contributed by atoms with E-state index in [0.717, 1.165) is 54.4 Å². The Labute approximate surface area is 170 Å². The Balaban J connectivity index is 1.47. The summed E-state index contributed by atoms with van der Waals surface area (Å²) in [6.45, 7) is 3.31. The number of ether oxygens (including phenoxy) is 1. The molecule has 0 spiro atoms. The van der Waals surface area contributed by atoms with Crippen molar-refractivity contribution in [2.24, 2.45) is 0 Å². The van der Waals surface area contributed by atoms with Gasteiger partial charge in [-0.2, -0.15) is 0 Å². The quantitative estimate of drug-likeness (QED) is 0.641. The lowest BCUT2D eigenvalue weighted by Gasteiger charge is -2.24. The molecule has 1 aliphatic rings. The van der Waals surface area contributed by atoms with Gasteiger partial charge in [0.2, 0.25) is 0 Å². The first-order valence-electron chi connectivity index (χ1n) is 9.57. The van der Waals surface area contributed by atoms with Crippen LogP contribution in [0.25, 0.3) is 11.1 Å². The Hall–Kier alpha value is -2.79. The maximum absolute atomic E-state index is 13.2. The smallest absolute Gasteiger partial charge is 0.264 e. The maximum Gasteiger partial charge on any atom is 0.264 e. The third-order valence-electron chi connectivity index (χ3n) is 5.16. The Morgan fingerprint density at radius 2 is 1.71 bits per heavy atom. The first-order valence-corrected chi connectivity index (χ1v) is 10.5. The molecule has 1 fully saturated rings. The minimum absolute atomic E-state index is 0.144. The molecule has 0 radical (unpaired) electrons. The molecule has 0 saturated carbocycles. The van der Waals surface area contributed by atoms with Gasteiger partial charge in [0.05, 0.1) is 12.0 Å². The number of carbonyl (C=O) groups excluding carboxylic acids is 1. The zero-order valence-electron chi connectivity index (χ0n) is 16.0. The zero-order valence-corrected chi connectivity index (χ0v) is 16.8. The van der Waals surface area contributed by atoms with Crippen LogP contribution in [0.4, 0.5) is 5.69 Å². The van der Waals surface area contributed by atoms with E-state index in [0.29, 0.717) is 0 Å². The molecule has 0 N–H and O–H groups in total. The van der Waals surface area contributed by atoms with Crippen LogP contribution in [-0.2, 0) is 0 Å². The van der Waals surface area contributed by atoms with E-state index in [1.54, 1.807) is 7.11 Å².